The van der Waals surface area contributed by atoms with Crippen molar-refractivity contribution in [1.29, 1.82) is 0 Å². The number of para-hydroxylation sites is 1. The lowest BCUT2D eigenvalue weighted by Crippen LogP contribution is -2.53. The van der Waals surface area contributed by atoms with Gasteiger partial charge in [-0.1, -0.05) is 36.0 Å². The van der Waals surface area contributed by atoms with E-state index in [9.17, 15) is 9.59 Å². The smallest absolute Gasteiger partial charge is 0.252 e. The number of hydrogen-bond acceptors (Lipinski definition) is 4. The fourth-order valence-corrected chi connectivity index (χ4v) is 4.59. The molecule has 1 unspecified atom stereocenters. The quantitative estimate of drug-likeness (QED) is 0.824. The molecular formula is C19H20N2O2S2. The van der Waals surface area contributed by atoms with E-state index < -0.39 is 4.75 Å². The average molecular weight is 373 g/mol. The second kappa shape index (κ2) is 7.14. The van der Waals surface area contributed by atoms with Crippen LogP contribution in [-0.4, -0.2) is 29.9 Å². The molecule has 0 spiro atoms. The number of fused-ring (bicyclic) bond motifs is 1. The predicted molar refractivity (Wildman–Crippen MR) is 106 cm³/mol. The van der Waals surface area contributed by atoms with Gasteiger partial charge in [0.1, 0.15) is 0 Å². The Kier molecular flexibility index (Phi) is 5.11. The Morgan fingerprint density at radius 3 is 2.76 bits per heavy atom. The van der Waals surface area contributed by atoms with Gasteiger partial charge >= 0.3 is 0 Å². The van der Waals surface area contributed by atoms with E-state index in [2.05, 4.69) is 5.32 Å². The van der Waals surface area contributed by atoms with Gasteiger partial charge in [0, 0.05) is 23.4 Å². The lowest BCUT2D eigenvalue weighted by atomic mass is 10.1. The summed E-state index contributed by atoms with van der Waals surface area (Å²) < 4.78 is -1.20. The highest BCUT2D eigenvalue weighted by Crippen LogP contribution is 2.45. The van der Waals surface area contributed by atoms with Crippen molar-refractivity contribution in [3.05, 3.63) is 54.1 Å². The number of thioether (sulfide) groups is 2. The molecule has 0 fully saturated rings. The molecule has 0 saturated carbocycles. The van der Waals surface area contributed by atoms with Crippen molar-refractivity contribution in [2.24, 2.45) is 0 Å². The molecule has 0 aromatic heterocycles. The van der Waals surface area contributed by atoms with E-state index in [1.165, 1.54) is 11.8 Å². The maximum Gasteiger partial charge on any atom is 0.252 e. The molecular weight excluding hydrogens is 352 g/mol. The molecule has 4 nitrogen and oxygen atoms in total. The molecule has 0 bridgehead atoms. The summed E-state index contributed by atoms with van der Waals surface area (Å²) in [6.07, 6.45) is 2.04. The SMILES string of the molecule is CSCc1cccc(NC(=O)C2(C)Sc3ccccc3N(C)C2=O)c1. The molecule has 1 aliphatic rings. The van der Waals surface area contributed by atoms with Crippen molar-refractivity contribution >= 4 is 46.7 Å². The Balaban J connectivity index is 1.86. The maximum absolute atomic E-state index is 12.9. The number of anilines is 2. The van der Waals surface area contributed by atoms with E-state index >= 15 is 0 Å². The van der Waals surface area contributed by atoms with E-state index in [1.807, 2.05) is 54.8 Å². The summed E-state index contributed by atoms with van der Waals surface area (Å²) in [5, 5.41) is 2.92. The molecule has 130 valence electrons. The molecule has 2 aromatic rings. The van der Waals surface area contributed by atoms with Gasteiger partial charge in [0.15, 0.2) is 4.75 Å². The van der Waals surface area contributed by atoms with Gasteiger partial charge in [-0.15, -0.1) is 0 Å². The summed E-state index contributed by atoms with van der Waals surface area (Å²) in [6.45, 7) is 1.69. The van der Waals surface area contributed by atoms with Crippen LogP contribution in [0.4, 0.5) is 11.4 Å². The second-order valence-corrected chi connectivity index (χ2v) is 8.38. The van der Waals surface area contributed by atoms with Crippen LogP contribution in [0.5, 0.6) is 0 Å². The van der Waals surface area contributed by atoms with Gasteiger partial charge in [-0.05, 0) is 43.0 Å². The van der Waals surface area contributed by atoms with Crippen molar-refractivity contribution in [2.45, 2.75) is 22.3 Å². The number of carbonyl (C=O) groups is 2. The minimum atomic E-state index is -1.20. The fraction of sp³-hybridized carbons (Fsp3) is 0.263. The molecule has 1 aliphatic heterocycles. The van der Waals surface area contributed by atoms with Crippen LogP contribution in [0, 0.1) is 0 Å². The molecule has 6 heteroatoms. The van der Waals surface area contributed by atoms with Gasteiger partial charge in [0.25, 0.3) is 5.91 Å². The topological polar surface area (TPSA) is 49.4 Å². The Hall–Kier alpha value is -1.92. The molecule has 25 heavy (non-hydrogen) atoms. The zero-order valence-corrected chi connectivity index (χ0v) is 16.0. The van der Waals surface area contributed by atoms with Crippen LogP contribution in [0.15, 0.2) is 53.4 Å². The van der Waals surface area contributed by atoms with Crippen molar-refractivity contribution in [3.8, 4) is 0 Å². The minimum Gasteiger partial charge on any atom is -0.324 e. The highest BCUT2D eigenvalue weighted by molar-refractivity contribution is 8.02. The Morgan fingerprint density at radius 1 is 1.24 bits per heavy atom. The molecule has 1 N–H and O–H groups in total. The maximum atomic E-state index is 12.9. The molecule has 0 aliphatic carbocycles. The molecule has 2 aromatic carbocycles. The molecule has 3 rings (SSSR count). The third kappa shape index (κ3) is 3.41. The van der Waals surface area contributed by atoms with Crippen molar-refractivity contribution in [2.75, 3.05) is 23.5 Å². The summed E-state index contributed by atoms with van der Waals surface area (Å²) >= 11 is 3.03. The Bertz CT molecular complexity index is 825. The Labute approximate surface area is 156 Å². The first-order chi connectivity index (χ1) is 12.0. The summed E-state index contributed by atoms with van der Waals surface area (Å²) in [6, 6.07) is 15.4. The second-order valence-electron chi connectivity index (χ2n) is 6.05. The summed E-state index contributed by atoms with van der Waals surface area (Å²) in [4.78, 5) is 28.3. The van der Waals surface area contributed by atoms with Gasteiger partial charge in [0.05, 0.1) is 5.69 Å². The number of nitrogens with zero attached hydrogens (tertiary/aromatic N) is 1. The normalized spacial score (nSPS) is 19.5. The summed E-state index contributed by atoms with van der Waals surface area (Å²) in [5.41, 5.74) is 2.69. The highest BCUT2D eigenvalue weighted by Gasteiger charge is 2.48. The van der Waals surface area contributed by atoms with Gasteiger partial charge in [-0.2, -0.15) is 11.8 Å². The van der Waals surface area contributed by atoms with Crippen LogP contribution in [0.25, 0.3) is 0 Å². The zero-order chi connectivity index (χ0) is 18.0. The number of carbonyl (C=O) groups excluding carboxylic acids is 2. The molecule has 1 atom stereocenters. The van der Waals surface area contributed by atoms with Gasteiger partial charge in [-0.3, -0.25) is 9.59 Å². The van der Waals surface area contributed by atoms with Gasteiger partial charge < -0.3 is 10.2 Å². The van der Waals surface area contributed by atoms with Crippen molar-refractivity contribution < 1.29 is 9.59 Å². The first kappa shape index (κ1) is 17.9. The predicted octanol–water partition coefficient (Wildman–Crippen LogP) is 4.02. The lowest BCUT2D eigenvalue weighted by molar-refractivity contribution is -0.128. The van der Waals surface area contributed by atoms with E-state index in [0.29, 0.717) is 5.69 Å². The number of amides is 2. The monoisotopic (exact) mass is 372 g/mol. The van der Waals surface area contributed by atoms with Crippen LogP contribution in [0.2, 0.25) is 0 Å². The number of nitrogens with one attached hydrogen (secondary N) is 1. The van der Waals surface area contributed by atoms with Crippen LogP contribution >= 0.6 is 23.5 Å². The fourth-order valence-electron chi connectivity index (χ4n) is 2.81. The Morgan fingerprint density at radius 2 is 2.00 bits per heavy atom. The molecule has 2 amide bonds. The first-order valence-corrected chi connectivity index (χ1v) is 10.1. The number of benzene rings is 2. The molecule has 1 heterocycles. The summed E-state index contributed by atoms with van der Waals surface area (Å²) in [5.74, 6) is 0.365. The number of rotatable bonds is 4. The molecule has 0 saturated heterocycles. The number of hydrogen-bond donors (Lipinski definition) is 1. The van der Waals surface area contributed by atoms with Gasteiger partial charge in [0.2, 0.25) is 5.91 Å². The van der Waals surface area contributed by atoms with Crippen LogP contribution in [0.3, 0.4) is 0 Å². The van der Waals surface area contributed by atoms with Crippen LogP contribution in [-0.2, 0) is 15.3 Å². The zero-order valence-electron chi connectivity index (χ0n) is 14.4. The third-order valence-corrected chi connectivity index (χ3v) is 6.14. The minimum absolute atomic E-state index is 0.214. The first-order valence-electron chi connectivity index (χ1n) is 7.91. The van der Waals surface area contributed by atoms with E-state index in [0.717, 1.165) is 21.9 Å². The van der Waals surface area contributed by atoms with Gasteiger partial charge in [-0.25, -0.2) is 0 Å². The van der Waals surface area contributed by atoms with Crippen LogP contribution < -0.4 is 10.2 Å². The summed E-state index contributed by atoms with van der Waals surface area (Å²) in [7, 11) is 1.71. The largest absolute Gasteiger partial charge is 0.324 e. The van der Waals surface area contributed by atoms with Crippen LogP contribution in [0.1, 0.15) is 12.5 Å². The van der Waals surface area contributed by atoms with Crippen molar-refractivity contribution in [1.82, 2.24) is 0 Å². The standard InChI is InChI=1S/C19H20N2O2S2/c1-19(17(22)20-14-8-6-7-13(11-14)12-24-3)18(23)21(2)15-9-4-5-10-16(15)25-19/h4-11H,12H2,1-3H3,(H,20,22). The average Bonchev–Trinajstić information content (AvgIpc) is 2.60. The van der Waals surface area contributed by atoms with E-state index in [4.69, 9.17) is 0 Å². The highest BCUT2D eigenvalue weighted by atomic mass is 32.2. The third-order valence-electron chi connectivity index (χ3n) is 4.18. The molecule has 0 radical (unpaired) electrons. The van der Waals surface area contributed by atoms with E-state index in [-0.39, 0.29) is 11.8 Å². The van der Waals surface area contributed by atoms with Crippen molar-refractivity contribution in [3.63, 3.8) is 0 Å². The van der Waals surface area contributed by atoms with E-state index in [1.54, 1.807) is 30.6 Å². The lowest BCUT2D eigenvalue weighted by Gasteiger charge is -2.36.